The Morgan fingerprint density at radius 1 is 1.14 bits per heavy atom. The highest BCUT2D eigenvalue weighted by molar-refractivity contribution is 7.98. The molecule has 0 amide bonds. The first kappa shape index (κ1) is 13.7. The molecule has 0 radical (unpaired) electrons. The van der Waals surface area contributed by atoms with Gasteiger partial charge in [0.15, 0.2) is 0 Å². The Kier molecular flexibility index (Phi) is 3.66. The number of aromatic nitrogens is 1. The molecule has 0 saturated carbocycles. The third kappa shape index (κ3) is 2.52. The van der Waals surface area contributed by atoms with Crippen LogP contribution in [0.4, 0.5) is 10.3 Å². The zero-order valence-electron chi connectivity index (χ0n) is 11.3. The number of halogens is 1. The molecule has 21 heavy (non-hydrogen) atoms. The Balaban J connectivity index is 2.22. The summed E-state index contributed by atoms with van der Waals surface area (Å²) in [7, 11) is 0. The van der Waals surface area contributed by atoms with Crippen molar-refractivity contribution in [2.75, 3.05) is 12.0 Å². The van der Waals surface area contributed by atoms with Crippen LogP contribution >= 0.6 is 11.8 Å². The van der Waals surface area contributed by atoms with Gasteiger partial charge >= 0.3 is 0 Å². The second-order valence-corrected chi connectivity index (χ2v) is 5.33. The van der Waals surface area contributed by atoms with Crippen molar-refractivity contribution in [2.45, 2.75) is 4.90 Å². The summed E-state index contributed by atoms with van der Waals surface area (Å²) in [6, 6.07) is 14.1. The number of rotatable bonds is 3. The van der Waals surface area contributed by atoms with Crippen LogP contribution in [0.1, 0.15) is 0 Å². The summed E-state index contributed by atoms with van der Waals surface area (Å²) < 4.78 is 18.6. The first-order valence-electron chi connectivity index (χ1n) is 6.35. The second-order valence-electron chi connectivity index (χ2n) is 4.48. The minimum atomic E-state index is -0.322. The van der Waals surface area contributed by atoms with Gasteiger partial charge in [-0.2, -0.15) is 0 Å². The highest BCUT2D eigenvalue weighted by Crippen LogP contribution is 2.39. The molecule has 3 aromatic rings. The SMILES string of the molecule is CSc1ccccc1-c1noc(N)c1-c1cccc(F)c1. The van der Waals surface area contributed by atoms with Crippen LogP contribution in [-0.4, -0.2) is 11.4 Å². The molecule has 5 heteroatoms. The predicted molar refractivity (Wildman–Crippen MR) is 83.5 cm³/mol. The maximum atomic E-state index is 13.5. The predicted octanol–water partition coefficient (Wildman–Crippen LogP) is 4.45. The molecule has 0 aliphatic rings. The Bertz CT molecular complexity index is 785. The van der Waals surface area contributed by atoms with Gasteiger partial charge in [0.1, 0.15) is 11.5 Å². The van der Waals surface area contributed by atoms with E-state index in [0.717, 1.165) is 10.5 Å². The summed E-state index contributed by atoms with van der Waals surface area (Å²) in [4.78, 5) is 1.06. The lowest BCUT2D eigenvalue weighted by molar-refractivity contribution is 0.439. The van der Waals surface area contributed by atoms with Gasteiger partial charge in [-0.1, -0.05) is 35.5 Å². The lowest BCUT2D eigenvalue weighted by Crippen LogP contribution is -1.89. The van der Waals surface area contributed by atoms with Crippen molar-refractivity contribution < 1.29 is 8.91 Å². The number of thioether (sulfide) groups is 1. The third-order valence-electron chi connectivity index (χ3n) is 3.19. The van der Waals surface area contributed by atoms with E-state index in [9.17, 15) is 4.39 Å². The molecule has 2 N–H and O–H groups in total. The minimum Gasteiger partial charge on any atom is -0.367 e. The fourth-order valence-corrected chi connectivity index (χ4v) is 2.85. The van der Waals surface area contributed by atoms with Crippen molar-refractivity contribution in [1.29, 1.82) is 0 Å². The van der Waals surface area contributed by atoms with Crippen LogP contribution in [0.25, 0.3) is 22.4 Å². The van der Waals surface area contributed by atoms with Crippen LogP contribution in [0.5, 0.6) is 0 Å². The Morgan fingerprint density at radius 3 is 2.71 bits per heavy atom. The molecule has 2 aromatic carbocycles. The van der Waals surface area contributed by atoms with Gasteiger partial charge in [0.25, 0.3) is 0 Å². The van der Waals surface area contributed by atoms with E-state index >= 15 is 0 Å². The first-order valence-corrected chi connectivity index (χ1v) is 7.57. The van der Waals surface area contributed by atoms with E-state index in [2.05, 4.69) is 5.16 Å². The van der Waals surface area contributed by atoms with E-state index in [0.29, 0.717) is 16.8 Å². The molecule has 0 bridgehead atoms. The van der Waals surface area contributed by atoms with Gasteiger partial charge in [0, 0.05) is 10.5 Å². The molecule has 0 aliphatic carbocycles. The molecule has 1 heterocycles. The highest BCUT2D eigenvalue weighted by Gasteiger charge is 2.19. The summed E-state index contributed by atoms with van der Waals surface area (Å²) in [5.41, 5.74) is 8.72. The van der Waals surface area contributed by atoms with Crippen LogP contribution in [-0.2, 0) is 0 Å². The van der Waals surface area contributed by atoms with E-state index in [1.807, 2.05) is 30.5 Å². The Hall–Kier alpha value is -2.27. The number of hydrogen-bond acceptors (Lipinski definition) is 4. The molecular weight excluding hydrogens is 287 g/mol. The summed E-state index contributed by atoms with van der Waals surface area (Å²) in [6.07, 6.45) is 1.99. The van der Waals surface area contributed by atoms with E-state index in [4.69, 9.17) is 10.3 Å². The number of benzene rings is 2. The minimum absolute atomic E-state index is 0.187. The van der Waals surface area contributed by atoms with E-state index in [1.54, 1.807) is 23.9 Å². The monoisotopic (exact) mass is 300 g/mol. The molecule has 106 valence electrons. The normalized spacial score (nSPS) is 10.8. The average molecular weight is 300 g/mol. The number of nitrogens with zero attached hydrogens (tertiary/aromatic N) is 1. The molecule has 0 unspecified atom stereocenters. The molecular formula is C16H13FN2OS. The molecule has 0 saturated heterocycles. The molecule has 0 aliphatic heterocycles. The van der Waals surface area contributed by atoms with Crippen molar-refractivity contribution in [1.82, 2.24) is 5.16 Å². The topological polar surface area (TPSA) is 52.0 Å². The van der Waals surface area contributed by atoms with Crippen LogP contribution < -0.4 is 5.73 Å². The van der Waals surface area contributed by atoms with Gasteiger partial charge in [0.05, 0.1) is 5.56 Å². The van der Waals surface area contributed by atoms with Crippen molar-refractivity contribution in [3.63, 3.8) is 0 Å². The van der Waals surface area contributed by atoms with Crippen LogP contribution in [0.3, 0.4) is 0 Å². The third-order valence-corrected chi connectivity index (χ3v) is 3.99. The van der Waals surface area contributed by atoms with E-state index < -0.39 is 0 Å². The van der Waals surface area contributed by atoms with Gasteiger partial charge in [-0.05, 0) is 30.0 Å². The van der Waals surface area contributed by atoms with E-state index in [-0.39, 0.29) is 11.7 Å². The van der Waals surface area contributed by atoms with Crippen molar-refractivity contribution in [3.05, 3.63) is 54.3 Å². The van der Waals surface area contributed by atoms with Crippen molar-refractivity contribution in [2.24, 2.45) is 0 Å². The smallest absolute Gasteiger partial charge is 0.230 e. The summed E-state index contributed by atoms with van der Waals surface area (Å²) in [6.45, 7) is 0. The number of nitrogens with two attached hydrogens (primary N) is 1. The average Bonchev–Trinajstić information content (AvgIpc) is 2.88. The Morgan fingerprint density at radius 2 is 1.95 bits per heavy atom. The maximum Gasteiger partial charge on any atom is 0.230 e. The van der Waals surface area contributed by atoms with Crippen molar-refractivity contribution >= 4 is 17.6 Å². The Labute approximate surface area is 126 Å². The van der Waals surface area contributed by atoms with Gasteiger partial charge in [-0.25, -0.2) is 4.39 Å². The molecule has 1 aromatic heterocycles. The zero-order valence-corrected chi connectivity index (χ0v) is 12.2. The van der Waals surface area contributed by atoms with Gasteiger partial charge < -0.3 is 10.3 Å². The quantitative estimate of drug-likeness (QED) is 0.726. The second kappa shape index (κ2) is 5.61. The first-order chi connectivity index (χ1) is 10.2. The van der Waals surface area contributed by atoms with Crippen LogP contribution in [0.2, 0.25) is 0 Å². The molecule has 0 atom stereocenters. The van der Waals surface area contributed by atoms with Crippen molar-refractivity contribution in [3.8, 4) is 22.4 Å². The lowest BCUT2D eigenvalue weighted by atomic mass is 10.0. The molecule has 0 fully saturated rings. The van der Waals surface area contributed by atoms with Crippen LogP contribution in [0.15, 0.2) is 57.9 Å². The zero-order chi connectivity index (χ0) is 14.8. The fourth-order valence-electron chi connectivity index (χ4n) is 2.25. The summed E-state index contributed by atoms with van der Waals surface area (Å²) >= 11 is 1.61. The van der Waals surface area contributed by atoms with E-state index in [1.165, 1.54) is 12.1 Å². The molecule has 3 rings (SSSR count). The van der Waals surface area contributed by atoms with Crippen LogP contribution in [0, 0.1) is 5.82 Å². The highest BCUT2D eigenvalue weighted by atomic mass is 32.2. The summed E-state index contributed by atoms with van der Waals surface area (Å²) in [5, 5.41) is 4.06. The van der Waals surface area contributed by atoms with Gasteiger partial charge in [0.2, 0.25) is 5.88 Å². The standard InChI is InChI=1S/C16H13FN2OS/c1-21-13-8-3-2-7-12(13)15-14(16(18)20-19-15)10-5-4-6-11(17)9-10/h2-9H,18H2,1H3. The van der Waals surface area contributed by atoms with Gasteiger partial charge in [-0.3, -0.25) is 0 Å². The molecule has 0 spiro atoms. The largest absolute Gasteiger partial charge is 0.367 e. The number of nitrogen functional groups attached to an aromatic ring is 1. The maximum absolute atomic E-state index is 13.5. The fraction of sp³-hybridized carbons (Fsp3) is 0.0625. The summed E-state index contributed by atoms with van der Waals surface area (Å²) in [5.74, 6) is -0.135. The number of hydrogen-bond donors (Lipinski definition) is 1. The number of anilines is 1. The van der Waals surface area contributed by atoms with Gasteiger partial charge in [-0.15, -0.1) is 11.8 Å². The lowest BCUT2D eigenvalue weighted by Gasteiger charge is -2.07. The molecule has 3 nitrogen and oxygen atoms in total.